The fourth-order valence-corrected chi connectivity index (χ4v) is 1.89. The maximum Gasteiger partial charge on any atom is 0.0486 e. The first-order valence-electron chi connectivity index (χ1n) is 4.99. The third-order valence-corrected chi connectivity index (χ3v) is 2.64. The highest BCUT2D eigenvalue weighted by atomic mass is 14.7. The topological polar surface area (TPSA) is 41.8 Å². The number of fused-ring (bicyclic) bond motifs is 1. The minimum atomic E-state index is 0.223. The van der Waals surface area contributed by atoms with Crippen LogP contribution in [0.4, 0.5) is 0 Å². The van der Waals surface area contributed by atoms with Gasteiger partial charge >= 0.3 is 0 Å². The van der Waals surface area contributed by atoms with Crippen molar-refractivity contribution < 1.29 is 0 Å². The van der Waals surface area contributed by atoms with Crippen LogP contribution in [0, 0.1) is 6.92 Å². The van der Waals surface area contributed by atoms with E-state index in [4.69, 9.17) is 5.73 Å². The second-order valence-corrected chi connectivity index (χ2v) is 3.97. The molecule has 0 fully saturated rings. The molecule has 0 saturated heterocycles. The monoisotopic (exact) mass is 188 g/mol. The highest BCUT2D eigenvalue weighted by molar-refractivity contribution is 5.83. The fraction of sp³-hybridized carbons (Fsp3) is 0.333. The lowest BCUT2D eigenvalue weighted by atomic mass is 10.0. The summed E-state index contributed by atoms with van der Waals surface area (Å²) in [6, 6.07) is 6.64. The van der Waals surface area contributed by atoms with Gasteiger partial charge in [-0.15, -0.1) is 0 Å². The molecule has 0 bridgehead atoms. The second-order valence-electron chi connectivity index (χ2n) is 3.97. The first-order chi connectivity index (χ1) is 6.68. The fourth-order valence-electron chi connectivity index (χ4n) is 1.89. The molecule has 2 nitrogen and oxygen atoms in total. The number of rotatable bonds is 2. The maximum absolute atomic E-state index is 5.80. The van der Waals surface area contributed by atoms with E-state index < -0.39 is 0 Å². The molecular weight excluding hydrogens is 172 g/mol. The third kappa shape index (κ3) is 1.53. The molecule has 14 heavy (non-hydrogen) atoms. The Morgan fingerprint density at radius 3 is 2.86 bits per heavy atom. The van der Waals surface area contributed by atoms with Crippen LogP contribution in [0.3, 0.4) is 0 Å². The number of aromatic nitrogens is 1. The van der Waals surface area contributed by atoms with Gasteiger partial charge in [-0.05, 0) is 42.8 Å². The lowest BCUT2D eigenvalue weighted by Crippen LogP contribution is -2.18. The van der Waals surface area contributed by atoms with Crippen LogP contribution in [0.1, 0.15) is 18.1 Å². The number of aryl methyl sites for hydroxylation is 1. The van der Waals surface area contributed by atoms with Crippen LogP contribution in [-0.4, -0.2) is 11.0 Å². The second kappa shape index (κ2) is 3.46. The molecule has 1 aromatic carbocycles. The van der Waals surface area contributed by atoms with Crippen LogP contribution < -0.4 is 5.73 Å². The third-order valence-electron chi connectivity index (χ3n) is 2.64. The number of H-pyrrole nitrogens is 1. The summed E-state index contributed by atoms with van der Waals surface area (Å²) in [5.74, 6) is 0. The van der Waals surface area contributed by atoms with E-state index in [2.05, 4.69) is 30.1 Å². The highest BCUT2D eigenvalue weighted by Crippen LogP contribution is 2.21. The van der Waals surface area contributed by atoms with E-state index >= 15 is 0 Å². The van der Waals surface area contributed by atoms with Gasteiger partial charge in [-0.2, -0.15) is 0 Å². The van der Waals surface area contributed by atoms with E-state index in [-0.39, 0.29) is 6.04 Å². The average Bonchev–Trinajstić information content (AvgIpc) is 2.57. The summed E-state index contributed by atoms with van der Waals surface area (Å²) in [5.41, 5.74) is 9.71. The normalized spacial score (nSPS) is 13.4. The zero-order valence-corrected chi connectivity index (χ0v) is 8.67. The van der Waals surface area contributed by atoms with Crippen molar-refractivity contribution in [3.05, 3.63) is 35.5 Å². The summed E-state index contributed by atoms with van der Waals surface area (Å²) in [5, 5.41) is 1.27. The number of nitrogens with one attached hydrogen (secondary N) is 1. The van der Waals surface area contributed by atoms with E-state index in [1.54, 1.807) is 0 Å². The molecular formula is C12H16N2. The number of benzene rings is 1. The van der Waals surface area contributed by atoms with Crippen LogP contribution in [0.25, 0.3) is 10.9 Å². The van der Waals surface area contributed by atoms with Crippen molar-refractivity contribution in [2.24, 2.45) is 5.73 Å². The van der Waals surface area contributed by atoms with Gasteiger partial charge in [0.05, 0.1) is 0 Å². The van der Waals surface area contributed by atoms with Crippen LogP contribution in [0.2, 0.25) is 0 Å². The van der Waals surface area contributed by atoms with Crippen LogP contribution in [-0.2, 0) is 6.42 Å². The minimum absolute atomic E-state index is 0.223. The molecule has 0 saturated carbocycles. The first kappa shape index (κ1) is 9.28. The summed E-state index contributed by atoms with van der Waals surface area (Å²) in [4.78, 5) is 3.26. The summed E-state index contributed by atoms with van der Waals surface area (Å²) < 4.78 is 0. The van der Waals surface area contributed by atoms with Crippen LogP contribution >= 0.6 is 0 Å². The van der Waals surface area contributed by atoms with Crippen LogP contribution in [0.15, 0.2) is 24.4 Å². The summed E-state index contributed by atoms with van der Waals surface area (Å²) >= 11 is 0. The zero-order chi connectivity index (χ0) is 10.1. The Morgan fingerprint density at radius 1 is 1.36 bits per heavy atom. The molecule has 0 amide bonds. The largest absolute Gasteiger partial charge is 0.361 e. The van der Waals surface area contributed by atoms with Crippen molar-refractivity contribution >= 4 is 10.9 Å². The van der Waals surface area contributed by atoms with E-state index in [0.717, 1.165) is 6.42 Å². The van der Waals surface area contributed by atoms with Crippen molar-refractivity contribution in [3.8, 4) is 0 Å². The van der Waals surface area contributed by atoms with Crippen molar-refractivity contribution in [2.75, 3.05) is 0 Å². The molecule has 74 valence electrons. The van der Waals surface area contributed by atoms with Gasteiger partial charge in [0.1, 0.15) is 0 Å². The Balaban J connectivity index is 2.51. The lowest BCUT2D eigenvalue weighted by molar-refractivity contribution is 0.735. The summed E-state index contributed by atoms with van der Waals surface area (Å²) in [7, 11) is 0. The molecule has 2 rings (SSSR count). The zero-order valence-electron chi connectivity index (χ0n) is 8.67. The molecule has 0 spiro atoms. The molecule has 2 heteroatoms. The quantitative estimate of drug-likeness (QED) is 0.746. The van der Waals surface area contributed by atoms with Gasteiger partial charge in [0.25, 0.3) is 0 Å². The SMILES string of the molecule is Cc1c(CC(C)N)ccc2cc[nH]c12. The van der Waals surface area contributed by atoms with Crippen molar-refractivity contribution in [2.45, 2.75) is 26.3 Å². The Labute approximate surface area is 84.1 Å². The molecule has 0 aliphatic rings. The van der Waals surface area contributed by atoms with E-state index in [9.17, 15) is 0 Å². The highest BCUT2D eigenvalue weighted by Gasteiger charge is 2.05. The Bertz CT molecular complexity index is 441. The first-order valence-corrected chi connectivity index (χ1v) is 4.99. The van der Waals surface area contributed by atoms with Gasteiger partial charge in [0.2, 0.25) is 0 Å². The number of nitrogens with two attached hydrogens (primary N) is 1. The van der Waals surface area contributed by atoms with E-state index in [1.807, 2.05) is 13.1 Å². The van der Waals surface area contributed by atoms with Gasteiger partial charge < -0.3 is 10.7 Å². The molecule has 0 aliphatic carbocycles. The van der Waals surface area contributed by atoms with E-state index in [1.165, 1.54) is 22.0 Å². The predicted octanol–water partition coefficient (Wildman–Crippen LogP) is 2.37. The maximum atomic E-state index is 5.80. The molecule has 0 aliphatic heterocycles. The van der Waals surface area contributed by atoms with Gasteiger partial charge in [0, 0.05) is 17.8 Å². The van der Waals surface area contributed by atoms with E-state index in [0.29, 0.717) is 0 Å². The van der Waals surface area contributed by atoms with Gasteiger partial charge in [-0.1, -0.05) is 12.1 Å². The molecule has 2 aromatic rings. The molecule has 3 N–H and O–H groups in total. The van der Waals surface area contributed by atoms with Gasteiger partial charge in [-0.3, -0.25) is 0 Å². The standard InChI is InChI=1S/C12H16N2/c1-8(13)7-11-4-3-10-5-6-14-12(10)9(11)2/h3-6,8,14H,7,13H2,1-2H3. The van der Waals surface area contributed by atoms with Crippen molar-refractivity contribution in [1.29, 1.82) is 0 Å². The molecule has 1 heterocycles. The number of aromatic amines is 1. The Hall–Kier alpha value is -1.28. The molecule has 1 atom stereocenters. The lowest BCUT2D eigenvalue weighted by Gasteiger charge is -2.09. The van der Waals surface area contributed by atoms with Crippen molar-refractivity contribution in [1.82, 2.24) is 4.98 Å². The Kier molecular flexibility index (Phi) is 2.30. The number of hydrogen-bond acceptors (Lipinski definition) is 1. The van der Waals surface area contributed by atoms with Gasteiger partial charge in [-0.25, -0.2) is 0 Å². The van der Waals surface area contributed by atoms with Crippen molar-refractivity contribution in [3.63, 3.8) is 0 Å². The molecule has 0 radical (unpaired) electrons. The Morgan fingerprint density at radius 2 is 2.14 bits per heavy atom. The van der Waals surface area contributed by atoms with Gasteiger partial charge in [0.15, 0.2) is 0 Å². The average molecular weight is 188 g/mol. The number of hydrogen-bond donors (Lipinski definition) is 2. The summed E-state index contributed by atoms with van der Waals surface area (Å²) in [6.07, 6.45) is 2.92. The predicted molar refractivity (Wildman–Crippen MR) is 60.4 cm³/mol. The molecule has 1 unspecified atom stereocenters. The summed E-state index contributed by atoms with van der Waals surface area (Å²) in [6.45, 7) is 4.19. The minimum Gasteiger partial charge on any atom is -0.361 e. The van der Waals surface area contributed by atoms with Crippen LogP contribution in [0.5, 0.6) is 0 Å². The molecule has 1 aromatic heterocycles. The smallest absolute Gasteiger partial charge is 0.0486 e.